The summed E-state index contributed by atoms with van der Waals surface area (Å²) in [6, 6.07) is 17.9. The summed E-state index contributed by atoms with van der Waals surface area (Å²) in [7, 11) is 3.25. The number of rotatable bonds is 6. The molecule has 0 bridgehead atoms. The summed E-state index contributed by atoms with van der Waals surface area (Å²) < 4.78 is 12.4. The summed E-state index contributed by atoms with van der Waals surface area (Å²) in [5, 5.41) is 4.54. The second kappa shape index (κ2) is 9.66. The van der Waals surface area contributed by atoms with E-state index in [0.29, 0.717) is 24.5 Å². The normalized spacial score (nSPS) is 14.8. The van der Waals surface area contributed by atoms with Crippen LogP contribution in [0.25, 0.3) is 5.69 Å². The van der Waals surface area contributed by atoms with Gasteiger partial charge in [0.2, 0.25) is 0 Å². The first-order valence-corrected chi connectivity index (χ1v) is 10.5. The zero-order valence-electron chi connectivity index (χ0n) is 18.0. The summed E-state index contributed by atoms with van der Waals surface area (Å²) in [5.74, 6) is 1.27. The van der Waals surface area contributed by atoms with Crippen molar-refractivity contribution in [2.75, 3.05) is 40.4 Å². The third-order valence-electron chi connectivity index (χ3n) is 5.56. The highest BCUT2D eigenvalue weighted by molar-refractivity contribution is 5.95. The predicted octanol–water partition coefficient (Wildman–Crippen LogP) is 3.24. The van der Waals surface area contributed by atoms with Gasteiger partial charge in [0.25, 0.3) is 5.91 Å². The van der Waals surface area contributed by atoms with E-state index in [1.165, 1.54) is 5.56 Å². The molecule has 0 unspecified atom stereocenters. The molecule has 1 aromatic heterocycles. The van der Waals surface area contributed by atoms with Gasteiger partial charge in [-0.05, 0) is 36.2 Å². The van der Waals surface area contributed by atoms with Gasteiger partial charge in [-0.25, -0.2) is 4.68 Å². The largest absolute Gasteiger partial charge is 0.497 e. The summed E-state index contributed by atoms with van der Waals surface area (Å²) in [6.45, 7) is 4.00. The van der Waals surface area contributed by atoms with Crippen LogP contribution in [0.3, 0.4) is 0 Å². The molecule has 0 radical (unpaired) electrons. The number of methoxy groups -OCH3 is 2. The van der Waals surface area contributed by atoms with Crippen molar-refractivity contribution in [1.29, 1.82) is 0 Å². The van der Waals surface area contributed by atoms with Crippen LogP contribution >= 0.6 is 0 Å². The molecule has 7 nitrogen and oxygen atoms in total. The van der Waals surface area contributed by atoms with Gasteiger partial charge in [-0.15, -0.1) is 0 Å². The lowest BCUT2D eigenvalue weighted by Crippen LogP contribution is -2.35. The van der Waals surface area contributed by atoms with Gasteiger partial charge in [-0.3, -0.25) is 9.69 Å². The Kier molecular flexibility index (Phi) is 6.52. The van der Waals surface area contributed by atoms with Gasteiger partial charge in [-0.2, -0.15) is 5.10 Å². The highest BCUT2D eigenvalue weighted by atomic mass is 16.5. The quantitative estimate of drug-likeness (QED) is 0.613. The van der Waals surface area contributed by atoms with Gasteiger partial charge in [-0.1, -0.05) is 30.3 Å². The number of hydrogen-bond acceptors (Lipinski definition) is 5. The van der Waals surface area contributed by atoms with Crippen molar-refractivity contribution in [3.63, 3.8) is 0 Å². The number of benzene rings is 2. The number of nitrogens with zero attached hydrogens (tertiary/aromatic N) is 4. The maximum atomic E-state index is 13.3. The fourth-order valence-corrected chi connectivity index (χ4v) is 3.84. The first-order valence-electron chi connectivity index (χ1n) is 10.5. The summed E-state index contributed by atoms with van der Waals surface area (Å²) in [5.41, 5.74) is 2.49. The van der Waals surface area contributed by atoms with Crippen molar-refractivity contribution < 1.29 is 14.3 Å². The average molecular weight is 421 g/mol. The summed E-state index contributed by atoms with van der Waals surface area (Å²) in [4.78, 5) is 17.5. The Balaban J connectivity index is 1.43. The number of ether oxygens (including phenoxy) is 2. The molecule has 1 fully saturated rings. The SMILES string of the molecule is COc1ccc(CN2CCCN(C(=O)c3nn(-c4ccccc4)cc3OC)CC2)cc1. The molecule has 0 atom stereocenters. The van der Waals surface area contributed by atoms with E-state index >= 15 is 0 Å². The maximum Gasteiger partial charge on any atom is 0.278 e. The van der Waals surface area contributed by atoms with E-state index in [1.54, 1.807) is 25.1 Å². The molecule has 0 aliphatic carbocycles. The molecule has 1 aliphatic heterocycles. The molecule has 1 aliphatic rings. The van der Waals surface area contributed by atoms with Crippen molar-refractivity contribution in [1.82, 2.24) is 19.6 Å². The Morgan fingerprint density at radius 2 is 1.71 bits per heavy atom. The van der Waals surface area contributed by atoms with Crippen molar-refractivity contribution >= 4 is 5.91 Å². The molecule has 0 spiro atoms. The van der Waals surface area contributed by atoms with Gasteiger partial charge >= 0.3 is 0 Å². The van der Waals surface area contributed by atoms with Crippen molar-refractivity contribution in [3.8, 4) is 17.2 Å². The van der Waals surface area contributed by atoms with Gasteiger partial charge < -0.3 is 14.4 Å². The molecule has 4 rings (SSSR count). The first kappa shape index (κ1) is 20.9. The number of carbonyl (C=O) groups excluding carboxylic acids is 1. The predicted molar refractivity (Wildman–Crippen MR) is 119 cm³/mol. The molecular weight excluding hydrogens is 392 g/mol. The van der Waals surface area contributed by atoms with Crippen LogP contribution < -0.4 is 9.47 Å². The molecule has 2 heterocycles. The second-order valence-corrected chi connectivity index (χ2v) is 7.60. The lowest BCUT2D eigenvalue weighted by atomic mass is 10.2. The van der Waals surface area contributed by atoms with Crippen molar-refractivity contribution in [2.45, 2.75) is 13.0 Å². The Bertz CT molecular complexity index is 1000. The molecule has 3 aromatic rings. The van der Waals surface area contributed by atoms with Crippen LogP contribution in [-0.4, -0.2) is 65.9 Å². The number of amides is 1. The summed E-state index contributed by atoms with van der Waals surface area (Å²) >= 11 is 0. The Labute approximate surface area is 182 Å². The standard InChI is InChI=1S/C24H28N4O3/c1-30-21-11-9-19(10-12-21)17-26-13-6-14-27(16-15-26)24(29)23-22(31-2)18-28(25-23)20-7-4-3-5-8-20/h3-5,7-12,18H,6,13-17H2,1-2H3. The molecule has 7 heteroatoms. The van der Waals surface area contributed by atoms with Gasteiger partial charge in [0.1, 0.15) is 5.75 Å². The van der Waals surface area contributed by atoms with E-state index in [4.69, 9.17) is 9.47 Å². The van der Waals surface area contributed by atoms with Gasteiger partial charge in [0.15, 0.2) is 11.4 Å². The third kappa shape index (κ3) is 4.88. The van der Waals surface area contributed by atoms with Crippen LogP contribution in [0.1, 0.15) is 22.5 Å². The average Bonchev–Trinajstić information content (AvgIpc) is 3.12. The minimum atomic E-state index is -0.0853. The minimum Gasteiger partial charge on any atom is -0.497 e. The first-order chi connectivity index (χ1) is 15.2. The van der Waals surface area contributed by atoms with Crippen LogP contribution in [0.5, 0.6) is 11.5 Å². The maximum absolute atomic E-state index is 13.3. The second-order valence-electron chi connectivity index (χ2n) is 7.60. The van der Waals surface area contributed by atoms with Gasteiger partial charge in [0, 0.05) is 32.7 Å². The molecule has 1 amide bonds. The van der Waals surface area contributed by atoms with Gasteiger partial charge in [0.05, 0.1) is 26.1 Å². The smallest absolute Gasteiger partial charge is 0.278 e. The van der Waals surface area contributed by atoms with E-state index in [-0.39, 0.29) is 5.91 Å². The molecule has 31 heavy (non-hydrogen) atoms. The highest BCUT2D eigenvalue weighted by Crippen LogP contribution is 2.22. The minimum absolute atomic E-state index is 0.0853. The van der Waals surface area contributed by atoms with E-state index in [2.05, 4.69) is 22.1 Å². The lowest BCUT2D eigenvalue weighted by molar-refractivity contribution is 0.0751. The molecule has 162 valence electrons. The third-order valence-corrected chi connectivity index (χ3v) is 5.56. The van der Waals surface area contributed by atoms with Crippen LogP contribution in [0.15, 0.2) is 60.8 Å². The number of aromatic nitrogens is 2. The highest BCUT2D eigenvalue weighted by Gasteiger charge is 2.26. The van der Waals surface area contributed by atoms with E-state index < -0.39 is 0 Å². The Morgan fingerprint density at radius 3 is 2.42 bits per heavy atom. The molecule has 1 saturated heterocycles. The fraction of sp³-hybridized carbons (Fsp3) is 0.333. The monoisotopic (exact) mass is 420 g/mol. The number of carbonyl (C=O) groups is 1. The Morgan fingerprint density at radius 1 is 0.935 bits per heavy atom. The van der Waals surface area contributed by atoms with Crippen LogP contribution in [-0.2, 0) is 6.54 Å². The molecule has 0 saturated carbocycles. The molecule has 0 N–H and O–H groups in total. The van der Waals surface area contributed by atoms with Crippen molar-refractivity contribution in [3.05, 3.63) is 72.1 Å². The number of para-hydroxylation sites is 1. The van der Waals surface area contributed by atoms with Crippen LogP contribution in [0, 0.1) is 0 Å². The fourth-order valence-electron chi connectivity index (χ4n) is 3.84. The molecular formula is C24H28N4O3. The Hall–Kier alpha value is -3.32. The summed E-state index contributed by atoms with van der Waals surface area (Å²) in [6.07, 6.45) is 2.68. The number of hydrogen-bond donors (Lipinski definition) is 0. The van der Waals surface area contributed by atoms with E-state index in [9.17, 15) is 4.79 Å². The van der Waals surface area contributed by atoms with Crippen molar-refractivity contribution in [2.24, 2.45) is 0 Å². The van der Waals surface area contributed by atoms with E-state index in [0.717, 1.165) is 37.5 Å². The lowest BCUT2D eigenvalue weighted by Gasteiger charge is -2.21. The van der Waals surface area contributed by atoms with Crippen LogP contribution in [0.2, 0.25) is 0 Å². The zero-order chi connectivity index (χ0) is 21.6. The van der Waals surface area contributed by atoms with E-state index in [1.807, 2.05) is 47.4 Å². The molecule has 2 aromatic carbocycles. The zero-order valence-corrected chi connectivity index (χ0v) is 18.0. The van der Waals surface area contributed by atoms with Crippen LogP contribution in [0.4, 0.5) is 0 Å². The topological polar surface area (TPSA) is 59.8 Å².